The van der Waals surface area contributed by atoms with Gasteiger partial charge in [-0.15, -0.1) is 0 Å². The van der Waals surface area contributed by atoms with Gasteiger partial charge < -0.3 is 14.8 Å². The van der Waals surface area contributed by atoms with E-state index in [0.717, 1.165) is 17.7 Å². The predicted molar refractivity (Wildman–Crippen MR) is 95.9 cm³/mol. The van der Waals surface area contributed by atoms with Crippen molar-refractivity contribution in [3.8, 4) is 11.5 Å². The van der Waals surface area contributed by atoms with Gasteiger partial charge in [-0.2, -0.15) is 0 Å². The number of hydrogen-bond acceptors (Lipinski definition) is 3. The van der Waals surface area contributed by atoms with E-state index in [1.165, 1.54) is 0 Å². The van der Waals surface area contributed by atoms with Crippen LogP contribution in [0.3, 0.4) is 0 Å². The summed E-state index contributed by atoms with van der Waals surface area (Å²) < 4.78 is 10.9. The second-order valence-electron chi connectivity index (χ2n) is 5.36. The number of benzene rings is 2. The van der Waals surface area contributed by atoms with Gasteiger partial charge in [0, 0.05) is 11.6 Å². The van der Waals surface area contributed by atoms with Crippen LogP contribution in [0.5, 0.6) is 11.5 Å². The number of halogens is 1. The molecule has 0 spiro atoms. The summed E-state index contributed by atoms with van der Waals surface area (Å²) in [6.07, 6.45) is 0.837. The van der Waals surface area contributed by atoms with Gasteiger partial charge in [0.2, 0.25) is 0 Å². The van der Waals surface area contributed by atoms with Crippen molar-refractivity contribution in [1.82, 2.24) is 5.32 Å². The standard InChI is InChI=1S/C19H22ClNO3/c1-3-18(24-17-10-8-16(23-2)9-11-17)19(22)21-13-12-14-4-6-15(20)7-5-14/h4-11,18H,3,12-13H2,1-2H3,(H,21,22). The van der Waals surface area contributed by atoms with Crippen molar-refractivity contribution in [1.29, 1.82) is 0 Å². The molecular formula is C19H22ClNO3. The first-order chi connectivity index (χ1) is 11.6. The van der Waals surface area contributed by atoms with Gasteiger partial charge in [0.25, 0.3) is 5.91 Å². The molecule has 0 saturated heterocycles. The Bertz CT molecular complexity index is 641. The van der Waals surface area contributed by atoms with Gasteiger partial charge in [0.05, 0.1) is 7.11 Å². The van der Waals surface area contributed by atoms with Crippen molar-refractivity contribution in [2.24, 2.45) is 0 Å². The molecule has 2 aromatic rings. The monoisotopic (exact) mass is 347 g/mol. The van der Waals surface area contributed by atoms with Crippen molar-refractivity contribution >= 4 is 17.5 Å². The third kappa shape index (κ3) is 5.46. The molecule has 0 aliphatic heterocycles. The van der Waals surface area contributed by atoms with Crippen LogP contribution in [0.15, 0.2) is 48.5 Å². The summed E-state index contributed by atoms with van der Waals surface area (Å²) in [6, 6.07) is 14.8. The molecule has 0 aromatic heterocycles. The van der Waals surface area contributed by atoms with Crippen molar-refractivity contribution in [3.05, 3.63) is 59.1 Å². The first kappa shape index (κ1) is 18.1. The van der Waals surface area contributed by atoms with Crippen LogP contribution in [0, 0.1) is 0 Å². The molecule has 2 rings (SSSR count). The average Bonchev–Trinajstić information content (AvgIpc) is 2.61. The topological polar surface area (TPSA) is 47.6 Å². The molecule has 0 saturated carbocycles. The molecule has 0 heterocycles. The predicted octanol–water partition coefficient (Wildman–Crippen LogP) is 3.86. The number of carbonyl (C=O) groups is 1. The normalized spacial score (nSPS) is 11.6. The van der Waals surface area contributed by atoms with Gasteiger partial charge in [0.1, 0.15) is 11.5 Å². The molecule has 0 aliphatic rings. The number of ether oxygens (including phenoxy) is 2. The number of carbonyl (C=O) groups excluding carboxylic acids is 1. The Hall–Kier alpha value is -2.20. The number of amides is 1. The maximum absolute atomic E-state index is 12.3. The first-order valence-corrected chi connectivity index (χ1v) is 8.33. The van der Waals surface area contributed by atoms with Gasteiger partial charge in [-0.1, -0.05) is 30.7 Å². The highest BCUT2D eigenvalue weighted by Gasteiger charge is 2.17. The lowest BCUT2D eigenvalue weighted by Crippen LogP contribution is -2.38. The van der Waals surface area contributed by atoms with E-state index >= 15 is 0 Å². The van der Waals surface area contributed by atoms with Gasteiger partial charge in [0.15, 0.2) is 6.10 Å². The molecule has 1 unspecified atom stereocenters. The first-order valence-electron chi connectivity index (χ1n) is 7.95. The second kappa shape index (κ2) is 9.18. The minimum atomic E-state index is -0.511. The number of nitrogens with one attached hydrogen (secondary N) is 1. The van der Waals surface area contributed by atoms with Crippen LogP contribution in [0.2, 0.25) is 5.02 Å². The van der Waals surface area contributed by atoms with Crippen LogP contribution in [0.4, 0.5) is 0 Å². The highest BCUT2D eigenvalue weighted by atomic mass is 35.5. The molecule has 24 heavy (non-hydrogen) atoms. The smallest absolute Gasteiger partial charge is 0.261 e. The molecule has 1 N–H and O–H groups in total. The van der Waals surface area contributed by atoms with E-state index in [4.69, 9.17) is 21.1 Å². The number of methoxy groups -OCH3 is 1. The van der Waals surface area contributed by atoms with Crippen molar-refractivity contribution < 1.29 is 14.3 Å². The van der Waals surface area contributed by atoms with E-state index in [1.54, 1.807) is 31.4 Å². The summed E-state index contributed by atoms with van der Waals surface area (Å²) in [6.45, 7) is 2.48. The van der Waals surface area contributed by atoms with Crippen LogP contribution in [-0.4, -0.2) is 25.7 Å². The van der Waals surface area contributed by atoms with Crippen LogP contribution >= 0.6 is 11.6 Å². The lowest BCUT2D eigenvalue weighted by atomic mass is 10.1. The Morgan fingerprint density at radius 2 is 1.71 bits per heavy atom. The molecule has 5 heteroatoms. The van der Waals surface area contributed by atoms with Crippen LogP contribution in [-0.2, 0) is 11.2 Å². The third-order valence-electron chi connectivity index (χ3n) is 3.63. The Morgan fingerprint density at radius 3 is 2.29 bits per heavy atom. The maximum Gasteiger partial charge on any atom is 0.261 e. The largest absolute Gasteiger partial charge is 0.497 e. The second-order valence-corrected chi connectivity index (χ2v) is 5.79. The SMILES string of the molecule is CCC(Oc1ccc(OC)cc1)C(=O)NCCc1ccc(Cl)cc1. The molecule has 0 fully saturated rings. The highest BCUT2D eigenvalue weighted by Crippen LogP contribution is 2.19. The van der Waals surface area contributed by atoms with Crippen molar-refractivity contribution in [2.75, 3.05) is 13.7 Å². The van der Waals surface area contributed by atoms with Crippen LogP contribution < -0.4 is 14.8 Å². The summed E-state index contributed by atoms with van der Waals surface area (Å²) in [5.41, 5.74) is 1.13. The maximum atomic E-state index is 12.3. The minimum Gasteiger partial charge on any atom is -0.497 e. The molecule has 1 atom stereocenters. The molecule has 1 amide bonds. The molecule has 2 aromatic carbocycles. The summed E-state index contributed by atoms with van der Waals surface area (Å²) in [5.74, 6) is 1.29. The highest BCUT2D eigenvalue weighted by molar-refractivity contribution is 6.30. The molecule has 0 bridgehead atoms. The summed E-state index contributed by atoms with van der Waals surface area (Å²) in [5, 5.41) is 3.63. The van der Waals surface area contributed by atoms with Gasteiger partial charge in [-0.25, -0.2) is 0 Å². The Balaban J connectivity index is 1.82. The van der Waals surface area contributed by atoms with E-state index in [0.29, 0.717) is 23.7 Å². The van der Waals surface area contributed by atoms with Gasteiger partial charge in [-0.3, -0.25) is 4.79 Å². The van der Waals surface area contributed by atoms with E-state index in [1.807, 2.05) is 31.2 Å². The fourth-order valence-electron chi connectivity index (χ4n) is 2.24. The molecular weight excluding hydrogens is 326 g/mol. The summed E-state index contributed by atoms with van der Waals surface area (Å²) in [4.78, 5) is 12.3. The van der Waals surface area contributed by atoms with Crippen LogP contribution in [0.1, 0.15) is 18.9 Å². The van der Waals surface area contributed by atoms with Crippen molar-refractivity contribution in [3.63, 3.8) is 0 Å². The quantitative estimate of drug-likeness (QED) is 0.788. The van der Waals surface area contributed by atoms with Crippen molar-refractivity contribution in [2.45, 2.75) is 25.9 Å². The third-order valence-corrected chi connectivity index (χ3v) is 3.88. The Kier molecular flexibility index (Phi) is 6.94. The van der Waals surface area contributed by atoms with E-state index in [-0.39, 0.29) is 5.91 Å². The zero-order chi connectivity index (χ0) is 17.4. The van der Waals surface area contributed by atoms with Gasteiger partial charge >= 0.3 is 0 Å². The fourth-order valence-corrected chi connectivity index (χ4v) is 2.36. The number of rotatable bonds is 8. The zero-order valence-electron chi connectivity index (χ0n) is 13.9. The molecule has 0 radical (unpaired) electrons. The van der Waals surface area contributed by atoms with E-state index in [2.05, 4.69) is 5.32 Å². The average molecular weight is 348 g/mol. The van der Waals surface area contributed by atoms with Gasteiger partial charge in [-0.05, 0) is 54.8 Å². The summed E-state index contributed by atoms with van der Waals surface area (Å²) >= 11 is 5.86. The Morgan fingerprint density at radius 1 is 1.08 bits per heavy atom. The molecule has 0 aliphatic carbocycles. The Labute approximate surface area is 147 Å². The lowest BCUT2D eigenvalue weighted by Gasteiger charge is -2.17. The molecule has 4 nitrogen and oxygen atoms in total. The summed E-state index contributed by atoms with van der Waals surface area (Å²) in [7, 11) is 1.61. The fraction of sp³-hybridized carbons (Fsp3) is 0.316. The van der Waals surface area contributed by atoms with E-state index < -0.39 is 6.10 Å². The zero-order valence-corrected chi connectivity index (χ0v) is 14.7. The number of hydrogen-bond donors (Lipinski definition) is 1. The van der Waals surface area contributed by atoms with E-state index in [9.17, 15) is 4.79 Å². The minimum absolute atomic E-state index is 0.109. The molecule has 128 valence electrons. The van der Waals surface area contributed by atoms with Crippen LogP contribution in [0.25, 0.3) is 0 Å². The lowest BCUT2D eigenvalue weighted by molar-refractivity contribution is -0.128.